The molecule has 168 valence electrons. The van der Waals surface area contributed by atoms with Crippen LogP contribution in [0.2, 0.25) is 0 Å². The fourth-order valence-corrected chi connectivity index (χ4v) is 3.30. The van der Waals surface area contributed by atoms with Gasteiger partial charge in [-0.15, -0.1) is 0 Å². The summed E-state index contributed by atoms with van der Waals surface area (Å²) in [5.74, 6) is 1.24. The molecular formula is C25H19N5O4. The summed E-state index contributed by atoms with van der Waals surface area (Å²) in [6.07, 6.45) is 3.46. The molecule has 5 aromatic rings. The lowest BCUT2D eigenvalue weighted by atomic mass is 10.2. The first-order chi connectivity index (χ1) is 16.6. The molecule has 2 aromatic heterocycles. The molecule has 0 aliphatic heterocycles. The van der Waals surface area contributed by atoms with Gasteiger partial charge in [-0.1, -0.05) is 36.4 Å². The number of phenolic OH excluding ortho intramolecular Hbond substituents is 2. The highest BCUT2D eigenvalue weighted by molar-refractivity contribution is 5.75. The zero-order valence-corrected chi connectivity index (χ0v) is 18.0. The predicted molar refractivity (Wildman–Crippen MR) is 128 cm³/mol. The largest absolute Gasteiger partial charge is 0.507 e. The summed E-state index contributed by atoms with van der Waals surface area (Å²) in [6.45, 7) is 0. The minimum atomic E-state index is 0.0414. The van der Waals surface area contributed by atoms with Gasteiger partial charge < -0.3 is 19.4 Å². The number of rotatable bonds is 6. The second-order valence-electron chi connectivity index (χ2n) is 7.23. The van der Waals surface area contributed by atoms with Gasteiger partial charge in [0.25, 0.3) is 0 Å². The summed E-state index contributed by atoms with van der Waals surface area (Å²) in [4.78, 5) is 17.8. The van der Waals surface area contributed by atoms with E-state index >= 15 is 0 Å². The van der Waals surface area contributed by atoms with Crippen LogP contribution in [-0.4, -0.2) is 37.3 Å². The maximum Gasteiger partial charge on any atom is 0.302 e. The van der Waals surface area contributed by atoms with E-state index in [2.05, 4.69) is 25.3 Å². The lowest BCUT2D eigenvalue weighted by molar-refractivity contribution is 0.373. The molecule has 0 atom stereocenters. The van der Waals surface area contributed by atoms with Crippen LogP contribution in [0, 0.1) is 0 Å². The number of anilines is 2. The van der Waals surface area contributed by atoms with Crippen LogP contribution in [0.4, 0.5) is 12.0 Å². The third-order valence-electron chi connectivity index (χ3n) is 4.94. The Bertz CT molecular complexity index is 1480. The number of nitrogens with zero attached hydrogens (tertiary/aromatic N) is 4. The normalized spacial score (nSPS) is 11.2. The Morgan fingerprint density at radius 2 is 1.68 bits per heavy atom. The van der Waals surface area contributed by atoms with Crippen molar-refractivity contribution in [2.24, 2.45) is 0 Å². The molecule has 0 radical (unpaired) electrons. The molecule has 0 unspecified atom stereocenters. The molecule has 2 heterocycles. The number of para-hydroxylation sites is 3. The number of phenols is 2. The maximum atomic E-state index is 10.3. The van der Waals surface area contributed by atoms with Crippen molar-refractivity contribution in [2.75, 3.05) is 12.4 Å². The smallest absolute Gasteiger partial charge is 0.302 e. The Balaban J connectivity index is 1.54. The lowest BCUT2D eigenvalue weighted by Crippen LogP contribution is -2.03. The van der Waals surface area contributed by atoms with Crippen LogP contribution < -0.4 is 10.1 Å². The number of oxazole rings is 1. The minimum absolute atomic E-state index is 0.0414. The molecule has 0 saturated heterocycles. The fraction of sp³-hybridized carbons (Fsp3) is 0.0400. The molecule has 0 bridgehead atoms. The Labute approximate surface area is 194 Å². The molecule has 3 N–H and O–H groups in total. The van der Waals surface area contributed by atoms with Crippen molar-refractivity contribution in [3.63, 3.8) is 0 Å². The monoisotopic (exact) mass is 453 g/mol. The molecule has 0 amide bonds. The zero-order valence-electron chi connectivity index (χ0n) is 18.0. The average Bonchev–Trinajstić information content (AvgIpc) is 3.26. The van der Waals surface area contributed by atoms with E-state index in [-0.39, 0.29) is 29.3 Å². The number of aromatic nitrogens is 4. The molecule has 34 heavy (non-hydrogen) atoms. The van der Waals surface area contributed by atoms with E-state index in [1.165, 1.54) is 7.11 Å². The van der Waals surface area contributed by atoms with Crippen molar-refractivity contribution in [3.05, 3.63) is 78.1 Å². The topological polar surface area (TPSA) is 126 Å². The molecule has 0 spiro atoms. The first kappa shape index (κ1) is 21.0. The zero-order chi connectivity index (χ0) is 23.5. The Hall–Kier alpha value is -4.92. The van der Waals surface area contributed by atoms with Gasteiger partial charge in [0.2, 0.25) is 5.95 Å². The van der Waals surface area contributed by atoms with E-state index in [1.807, 2.05) is 24.3 Å². The van der Waals surface area contributed by atoms with Crippen molar-refractivity contribution >= 4 is 35.2 Å². The number of aromatic hydroxyl groups is 2. The van der Waals surface area contributed by atoms with Crippen LogP contribution in [-0.2, 0) is 0 Å². The van der Waals surface area contributed by atoms with Crippen molar-refractivity contribution in [2.45, 2.75) is 0 Å². The van der Waals surface area contributed by atoms with Gasteiger partial charge >= 0.3 is 6.01 Å². The van der Waals surface area contributed by atoms with Crippen LogP contribution >= 0.6 is 0 Å². The fourth-order valence-electron chi connectivity index (χ4n) is 3.30. The first-order valence-corrected chi connectivity index (χ1v) is 10.3. The minimum Gasteiger partial charge on any atom is -0.507 e. The molecule has 0 saturated carbocycles. The Morgan fingerprint density at radius 3 is 2.50 bits per heavy atom. The van der Waals surface area contributed by atoms with Gasteiger partial charge in [0.1, 0.15) is 11.3 Å². The molecular weight excluding hydrogens is 434 g/mol. The van der Waals surface area contributed by atoms with Crippen LogP contribution in [0.5, 0.6) is 17.2 Å². The molecule has 9 nitrogen and oxygen atoms in total. The van der Waals surface area contributed by atoms with E-state index in [9.17, 15) is 10.2 Å². The summed E-state index contributed by atoms with van der Waals surface area (Å²) in [5, 5.41) is 23.1. The summed E-state index contributed by atoms with van der Waals surface area (Å²) in [6, 6.07) is 19.4. The Kier molecular flexibility index (Phi) is 5.49. The van der Waals surface area contributed by atoms with Gasteiger partial charge in [0, 0.05) is 0 Å². The van der Waals surface area contributed by atoms with Gasteiger partial charge in [-0.2, -0.15) is 15.0 Å². The SMILES string of the molecule is COc1cc(/C=C/c2nc(Nc3nc4ccccc4o3)nc(-c3ccccc3O)n2)ccc1O. The van der Waals surface area contributed by atoms with E-state index in [0.29, 0.717) is 28.2 Å². The quantitative estimate of drug-likeness (QED) is 0.325. The number of methoxy groups -OCH3 is 1. The summed E-state index contributed by atoms with van der Waals surface area (Å²) in [5.41, 5.74) is 2.54. The lowest BCUT2D eigenvalue weighted by Gasteiger charge is -2.07. The maximum absolute atomic E-state index is 10.3. The number of fused-ring (bicyclic) bond motifs is 1. The highest BCUT2D eigenvalue weighted by Gasteiger charge is 2.13. The standard InChI is InChI=1S/C25H19N5O4/c1-33-21-14-15(10-12-19(21)32)11-13-22-27-23(16-6-2-4-8-18(16)31)29-24(28-22)30-25-26-17-7-3-5-9-20(17)34-25/h2-14,31-32H,1H3,(H,26,27,28,29,30)/b13-11+. The second kappa shape index (κ2) is 8.91. The van der Waals surface area contributed by atoms with E-state index in [4.69, 9.17) is 9.15 Å². The van der Waals surface area contributed by atoms with Crippen LogP contribution in [0.15, 0.2) is 71.1 Å². The number of hydrogen-bond donors (Lipinski definition) is 3. The van der Waals surface area contributed by atoms with Gasteiger partial charge in [0.15, 0.2) is 28.7 Å². The third kappa shape index (κ3) is 4.35. The second-order valence-corrected chi connectivity index (χ2v) is 7.23. The highest BCUT2D eigenvalue weighted by atomic mass is 16.5. The Morgan fingerprint density at radius 1 is 0.853 bits per heavy atom. The van der Waals surface area contributed by atoms with Crippen molar-refractivity contribution in [3.8, 4) is 28.6 Å². The van der Waals surface area contributed by atoms with Crippen molar-refractivity contribution in [1.29, 1.82) is 0 Å². The first-order valence-electron chi connectivity index (χ1n) is 10.3. The van der Waals surface area contributed by atoms with Crippen molar-refractivity contribution in [1.82, 2.24) is 19.9 Å². The van der Waals surface area contributed by atoms with Crippen LogP contribution in [0.3, 0.4) is 0 Å². The number of nitrogens with one attached hydrogen (secondary N) is 1. The van der Waals surface area contributed by atoms with Gasteiger partial charge in [0.05, 0.1) is 12.7 Å². The predicted octanol–water partition coefficient (Wildman–Crippen LogP) is 5.01. The van der Waals surface area contributed by atoms with Crippen LogP contribution in [0.25, 0.3) is 34.6 Å². The van der Waals surface area contributed by atoms with Crippen molar-refractivity contribution < 1.29 is 19.4 Å². The van der Waals surface area contributed by atoms with E-state index < -0.39 is 0 Å². The average molecular weight is 453 g/mol. The van der Waals surface area contributed by atoms with Gasteiger partial charge in [-0.3, -0.25) is 5.32 Å². The third-order valence-corrected chi connectivity index (χ3v) is 4.94. The number of ether oxygens (including phenoxy) is 1. The molecule has 0 fully saturated rings. The summed E-state index contributed by atoms with van der Waals surface area (Å²) < 4.78 is 10.9. The van der Waals surface area contributed by atoms with Gasteiger partial charge in [-0.25, -0.2) is 4.98 Å². The molecule has 5 rings (SSSR count). The molecule has 0 aliphatic carbocycles. The number of hydrogen-bond acceptors (Lipinski definition) is 9. The van der Waals surface area contributed by atoms with Gasteiger partial charge in [-0.05, 0) is 48.0 Å². The number of benzene rings is 3. The van der Waals surface area contributed by atoms with E-state index in [1.54, 1.807) is 54.6 Å². The van der Waals surface area contributed by atoms with E-state index in [0.717, 1.165) is 5.56 Å². The van der Waals surface area contributed by atoms with Crippen LogP contribution in [0.1, 0.15) is 11.4 Å². The summed E-state index contributed by atoms with van der Waals surface area (Å²) >= 11 is 0. The highest BCUT2D eigenvalue weighted by Crippen LogP contribution is 2.29. The molecule has 0 aliphatic rings. The molecule has 3 aromatic carbocycles. The molecule has 9 heteroatoms. The summed E-state index contributed by atoms with van der Waals surface area (Å²) in [7, 11) is 1.48.